The van der Waals surface area contributed by atoms with E-state index in [1.807, 2.05) is 0 Å². The zero-order chi connectivity index (χ0) is 13.7. The predicted octanol–water partition coefficient (Wildman–Crippen LogP) is 2.18. The molecule has 1 aliphatic rings. The first-order chi connectivity index (χ1) is 9.22. The smallest absolute Gasteiger partial charge is 0.135 e. The average Bonchev–Trinajstić information content (AvgIpc) is 2.43. The molecule has 0 radical (unpaired) electrons. The largest absolute Gasteiger partial charge is 0.355 e. The lowest BCUT2D eigenvalue weighted by Crippen LogP contribution is -2.36. The summed E-state index contributed by atoms with van der Waals surface area (Å²) in [6.07, 6.45) is 6.53. The first-order valence-electron chi connectivity index (χ1n) is 7.53. The maximum Gasteiger partial charge on any atom is 0.135 e. The Morgan fingerprint density at radius 3 is 2.79 bits per heavy atom. The number of aromatic nitrogens is 2. The molecule has 4 heteroatoms. The van der Waals surface area contributed by atoms with Gasteiger partial charge in [0.05, 0.1) is 0 Å². The zero-order valence-corrected chi connectivity index (χ0v) is 12.4. The van der Waals surface area contributed by atoms with Crippen LogP contribution in [0.25, 0.3) is 0 Å². The number of rotatable bonds is 6. The van der Waals surface area contributed by atoms with Gasteiger partial charge in [0.25, 0.3) is 0 Å². The monoisotopic (exact) mass is 262 g/mol. The van der Waals surface area contributed by atoms with E-state index in [-0.39, 0.29) is 0 Å². The first kappa shape index (κ1) is 14.3. The van der Waals surface area contributed by atoms with Crippen molar-refractivity contribution in [3.05, 3.63) is 17.6 Å². The number of nitrogens with one attached hydrogen (secondary N) is 1. The van der Waals surface area contributed by atoms with Crippen molar-refractivity contribution in [1.82, 2.24) is 15.3 Å². The maximum atomic E-state index is 4.55. The minimum atomic E-state index is 0.540. The molecule has 0 atom stereocenters. The molecule has 0 unspecified atom stereocenters. The summed E-state index contributed by atoms with van der Waals surface area (Å²) < 4.78 is 0. The molecule has 1 heterocycles. The molecular formula is C15H26N4. The van der Waals surface area contributed by atoms with Crippen LogP contribution in [0.5, 0.6) is 0 Å². The van der Waals surface area contributed by atoms with Gasteiger partial charge in [0, 0.05) is 36.9 Å². The topological polar surface area (TPSA) is 41.0 Å². The Balaban J connectivity index is 2.09. The summed E-state index contributed by atoms with van der Waals surface area (Å²) in [5.74, 6) is 1.16. The van der Waals surface area contributed by atoms with Crippen molar-refractivity contribution < 1.29 is 0 Å². The molecule has 0 fully saturated rings. The molecule has 106 valence electrons. The standard InChI is InChI=1S/C15H26N4/c1-4-19(10-9-16-12(2)3)15-13-7-5-6-8-14(13)17-11-18-15/h11-12,16H,4-10H2,1-3H3. The fourth-order valence-electron chi connectivity index (χ4n) is 2.68. The Labute approximate surface area is 116 Å². The van der Waals surface area contributed by atoms with Crippen LogP contribution in [0, 0.1) is 0 Å². The van der Waals surface area contributed by atoms with Crippen LogP contribution in [0.15, 0.2) is 6.33 Å². The Morgan fingerprint density at radius 1 is 1.26 bits per heavy atom. The average molecular weight is 262 g/mol. The van der Waals surface area contributed by atoms with Crippen molar-refractivity contribution in [2.75, 3.05) is 24.5 Å². The van der Waals surface area contributed by atoms with Crippen molar-refractivity contribution in [2.24, 2.45) is 0 Å². The van der Waals surface area contributed by atoms with Crippen LogP contribution >= 0.6 is 0 Å². The Kier molecular flexibility index (Phi) is 5.14. The Morgan fingerprint density at radius 2 is 2.05 bits per heavy atom. The van der Waals surface area contributed by atoms with Crippen molar-refractivity contribution >= 4 is 5.82 Å². The SMILES string of the molecule is CCN(CCNC(C)C)c1ncnc2c1CCCC2. The summed E-state index contributed by atoms with van der Waals surface area (Å²) in [4.78, 5) is 11.4. The summed E-state index contributed by atoms with van der Waals surface area (Å²) >= 11 is 0. The number of hydrogen-bond acceptors (Lipinski definition) is 4. The molecule has 4 nitrogen and oxygen atoms in total. The zero-order valence-electron chi connectivity index (χ0n) is 12.4. The van der Waals surface area contributed by atoms with Crippen LogP contribution < -0.4 is 10.2 Å². The highest BCUT2D eigenvalue weighted by molar-refractivity contribution is 5.49. The van der Waals surface area contributed by atoms with Gasteiger partial charge < -0.3 is 10.2 Å². The third-order valence-electron chi connectivity index (χ3n) is 3.72. The van der Waals surface area contributed by atoms with E-state index in [1.165, 1.54) is 24.1 Å². The van der Waals surface area contributed by atoms with Crippen LogP contribution in [0.1, 0.15) is 44.9 Å². The van der Waals surface area contributed by atoms with Gasteiger partial charge in [-0.05, 0) is 32.6 Å². The molecule has 1 aromatic heterocycles. The van der Waals surface area contributed by atoms with E-state index in [4.69, 9.17) is 0 Å². The van der Waals surface area contributed by atoms with E-state index in [0.29, 0.717) is 6.04 Å². The van der Waals surface area contributed by atoms with E-state index in [1.54, 1.807) is 6.33 Å². The van der Waals surface area contributed by atoms with E-state index in [0.717, 1.165) is 38.3 Å². The predicted molar refractivity (Wildman–Crippen MR) is 79.7 cm³/mol. The highest BCUT2D eigenvalue weighted by Crippen LogP contribution is 2.26. The Hall–Kier alpha value is -1.16. The summed E-state index contributed by atoms with van der Waals surface area (Å²) in [5, 5.41) is 3.48. The van der Waals surface area contributed by atoms with Gasteiger partial charge in [0.15, 0.2) is 0 Å². The van der Waals surface area contributed by atoms with Gasteiger partial charge in [-0.3, -0.25) is 0 Å². The van der Waals surface area contributed by atoms with E-state index in [9.17, 15) is 0 Å². The van der Waals surface area contributed by atoms with Crippen LogP contribution in [0.4, 0.5) is 5.82 Å². The minimum Gasteiger partial charge on any atom is -0.355 e. The summed E-state index contributed by atoms with van der Waals surface area (Å²) in [6.45, 7) is 9.59. The normalized spacial score (nSPS) is 14.5. The number of anilines is 1. The van der Waals surface area contributed by atoms with Crippen LogP contribution in [0.2, 0.25) is 0 Å². The van der Waals surface area contributed by atoms with Gasteiger partial charge >= 0.3 is 0 Å². The number of nitrogens with zero attached hydrogens (tertiary/aromatic N) is 3. The summed E-state index contributed by atoms with van der Waals surface area (Å²) in [5.41, 5.74) is 2.66. The third kappa shape index (κ3) is 3.66. The van der Waals surface area contributed by atoms with Crippen molar-refractivity contribution in [3.8, 4) is 0 Å². The fourth-order valence-corrected chi connectivity index (χ4v) is 2.68. The van der Waals surface area contributed by atoms with Gasteiger partial charge in [-0.15, -0.1) is 0 Å². The second-order valence-electron chi connectivity index (χ2n) is 5.52. The third-order valence-corrected chi connectivity index (χ3v) is 3.72. The molecule has 2 rings (SSSR count). The second kappa shape index (κ2) is 6.85. The van der Waals surface area contributed by atoms with Gasteiger partial charge in [-0.1, -0.05) is 13.8 Å². The number of fused-ring (bicyclic) bond motifs is 1. The molecule has 0 aromatic carbocycles. The van der Waals surface area contributed by atoms with E-state index in [2.05, 4.69) is 41.0 Å². The highest BCUT2D eigenvalue weighted by Gasteiger charge is 2.18. The fraction of sp³-hybridized carbons (Fsp3) is 0.733. The number of hydrogen-bond donors (Lipinski definition) is 1. The van der Waals surface area contributed by atoms with Crippen LogP contribution in [-0.2, 0) is 12.8 Å². The molecule has 0 spiro atoms. The Bertz CT molecular complexity index is 403. The lowest BCUT2D eigenvalue weighted by Gasteiger charge is -2.27. The van der Waals surface area contributed by atoms with E-state index >= 15 is 0 Å². The highest BCUT2D eigenvalue weighted by atomic mass is 15.2. The molecule has 0 amide bonds. The first-order valence-corrected chi connectivity index (χ1v) is 7.53. The quantitative estimate of drug-likeness (QED) is 0.853. The van der Waals surface area contributed by atoms with Gasteiger partial charge in [0.2, 0.25) is 0 Å². The van der Waals surface area contributed by atoms with Crippen molar-refractivity contribution in [3.63, 3.8) is 0 Å². The molecule has 0 saturated carbocycles. The summed E-state index contributed by atoms with van der Waals surface area (Å²) in [6, 6.07) is 0.540. The lowest BCUT2D eigenvalue weighted by molar-refractivity contribution is 0.579. The minimum absolute atomic E-state index is 0.540. The number of likely N-dealkylation sites (N-methyl/N-ethyl adjacent to an activating group) is 1. The van der Waals surface area contributed by atoms with Crippen LogP contribution in [-0.4, -0.2) is 35.6 Å². The molecule has 0 saturated heterocycles. The van der Waals surface area contributed by atoms with Crippen molar-refractivity contribution in [1.29, 1.82) is 0 Å². The molecular weight excluding hydrogens is 236 g/mol. The van der Waals surface area contributed by atoms with Gasteiger partial charge in [0.1, 0.15) is 12.1 Å². The van der Waals surface area contributed by atoms with Crippen LogP contribution in [0.3, 0.4) is 0 Å². The van der Waals surface area contributed by atoms with Gasteiger partial charge in [-0.2, -0.15) is 0 Å². The molecule has 0 aliphatic heterocycles. The lowest BCUT2D eigenvalue weighted by atomic mass is 9.96. The molecule has 1 aliphatic carbocycles. The van der Waals surface area contributed by atoms with Gasteiger partial charge in [-0.25, -0.2) is 9.97 Å². The summed E-state index contributed by atoms with van der Waals surface area (Å²) in [7, 11) is 0. The van der Waals surface area contributed by atoms with E-state index < -0.39 is 0 Å². The molecule has 0 bridgehead atoms. The molecule has 1 aromatic rings. The second-order valence-corrected chi connectivity index (χ2v) is 5.52. The van der Waals surface area contributed by atoms with Crippen molar-refractivity contribution in [2.45, 2.75) is 52.5 Å². The molecule has 1 N–H and O–H groups in total. The maximum absolute atomic E-state index is 4.55. The molecule has 19 heavy (non-hydrogen) atoms. The number of aryl methyl sites for hydroxylation is 1.